The Morgan fingerprint density at radius 3 is 1.62 bits per heavy atom. The van der Waals surface area contributed by atoms with Gasteiger partial charge in [-0.2, -0.15) is 22.0 Å². The van der Waals surface area contributed by atoms with Crippen LogP contribution >= 0.6 is 92.8 Å². The minimum absolute atomic E-state index is 1.47. The molecule has 0 bridgehead atoms. The third-order valence-corrected chi connectivity index (χ3v) is 8.90. The third-order valence-electron chi connectivity index (χ3n) is 3.36. The number of carbonyl (C=O) groups is 1. The molecule has 0 fully saturated rings. The SMILES string of the molecule is O=C(O)C1=C(Cl)C(Cl)(Cl)C(Cl)(Cl)C(Cl)(Cl)C1(Cl)C(F)C(F)(F)C(F)(F)F. The number of hydrogen-bond donors (Lipinski definition) is 1. The molecule has 152 valence electrons. The molecule has 0 saturated carbocycles. The van der Waals surface area contributed by atoms with Crippen LogP contribution < -0.4 is 0 Å². The Kier molecular flexibility index (Phi) is 6.60. The molecule has 1 N–H and O–H groups in total. The van der Waals surface area contributed by atoms with Gasteiger partial charge in [-0.3, -0.25) is 0 Å². The maximum atomic E-state index is 14.5. The standard InChI is InChI=1S/C10H2Cl8F6O2/c11-2-1(3(25)26)5(12,4(19)7(20,21)10(22,23)24)8(15,16)9(17,18)6(2,13)14/h4H,(H,25,26). The molecule has 0 saturated heterocycles. The lowest BCUT2D eigenvalue weighted by Crippen LogP contribution is -2.72. The summed E-state index contributed by atoms with van der Waals surface area (Å²) in [4.78, 5) is 7.26. The van der Waals surface area contributed by atoms with Gasteiger partial charge < -0.3 is 5.11 Å². The molecule has 0 radical (unpaired) electrons. The summed E-state index contributed by atoms with van der Waals surface area (Å²) >= 11 is 45.0. The zero-order valence-electron chi connectivity index (χ0n) is 11.2. The molecule has 0 aromatic carbocycles. The second kappa shape index (κ2) is 6.83. The Labute approximate surface area is 181 Å². The van der Waals surface area contributed by atoms with Crippen LogP contribution in [0.3, 0.4) is 0 Å². The number of aliphatic carboxylic acids is 1. The topological polar surface area (TPSA) is 37.3 Å². The number of carboxylic acids is 1. The van der Waals surface area contributed by atoms with E-state index in [9.17, 15) is 31.1 Å². The van der Waals surface area contributed by atoms with Crippen molar-refractivity contribution in [3.63, 3.8) is 0 Å². The van der Waals surface area contributed by atoms with E-state index in [0.717, 1.165) is 0 Å². The quantitative estimate of drug-likeness (QED) is 0.317. The van der Waals surface area contributed by atoms with Gasteiger partial charge in [0.15, 0.2) is 24.0 Å². The Morgan fingerprint density at radius 1 is 0.923 bits per heavy atom. The van der Waals surface area contributed by atoms with Gasteiger partial charge in [-0.05, 0) is 0 Å². The molecular weight excluding hydrogens is 550 g/mol. The van der Waals surface area contributed by atoms with Crippen molar-refractivity contribution in [1.29, 1.82) is 0 Å². The molecule has 1 aliphatic carbocycles. The van der Waals surface area contributed by atoms with Crippen LogP contribution in [0, 0.1) is 0 Å². The van der Waals surface area contributed by atoms with Crippen molar-refractivity contribution in [3.05, 3.63) is 10.6 Å². The van der Waals surface area contributed by atoms with E-state index in [1.54, 1.807) is 0 Å². The van der Waals surface area contributed by atoms with Crippen LogP contribution in [0.4, 0.5) is 26.3 Å². The van der Waals surface area contributed by atoms with E-state index in [2.05, 4.69) is 0 Å². The van der Waals surface area contributed by atoms with E-state index in [0.29, 0.717) is 0 Å². The summed E-state index contributed by atoms with van der Waals surface area (Å²) in [5.41, 5.74) is -1.89. The van der Waals surface area contributed by atoms with Gasteiger partial charge in [-0.25, -0.2) is 9.18 Å². The summed E-state index contributed by atoms with van der Waals surface area (Å²) in [7, 11) is 0. The lowest BCUT2D eigenvalue weighted by Gasteiger charge is -2.54. The molecule has 0 aromatic heterocycles. The molecular formula is C10H2Cl8F6O2. The fourth-order valence-corrected chi connectivity index (χ4v) is 4.85. The maximum absolute atomic E-state index is 14.5. The van der Waals surface area contributed by atoms with Crippen LogP contribution in [0.25, 0.3) is 0 Å². The molecule has 2 nitrogen and oxygen atoms in total. The highest BCUT2D eigenvalue weighted by atomic mass is 35.5. The minimum atomic E-state index is -6.54. The number of hydrogen-bond acceptors (Lipinski definition) is 1. The largest absolute Gasteiger partial charge is 0.478 e. The minimum Gasteiger partial charge on any atom is -0.478 e. The maximum Gasteiger partial charge on any atom is 0.456 e. The molecule has 0 aromatic rings. The van der Waals surface area contributed by atoms with Gasteiger partial charge in [-0.1, -0.05) is 81.2 Å². The second-order valence-electron chi connectivity index (χ2n) is 4.91. The third kappa shape index (κ3) is 3.06. The molecule has 1 aliphatic rings. The number of halogens is 14. The highest BCUT2D eigenvalue weighted by Crippen LogP contribution is 2.70. The first-order chi connectivity index (χ1) is 11.1. The smallest absolute Gasteiger partial charge is 0.456 e. The Balaban J connectivity index is 4.02. The molecule has 0 heterocycles. The molecule has 2 atom stereocenters. The van der Waals surface area contributed by atoms with Gasteiger partial charge in [0.25, 0.3) is 0 Å². The Morgan fingerprint density at radius 2 is 1.31 bits per heavy atom. The van der Waals surface area contributed by atoms with Crippen molar-refractivity contribution in [1.82, 2.24) is 0 Å². The number of rotatable bonds is 3. The van der Waals surface area contributed by atoms with E-state index in [1.807, 2.05) is 0 Å². The molecule has 0 amide bonds. The first-order valence-corrected chi connectivity index (χ1v) is 8.70. The second-order valence-corrected chi connectivity index (χ2v) is 9.87. The normalized spacial score (nSPS) is 29.5. The highest BCUT2D eigenvalue weighted by Gasteiger charge is 2.82. The molecule has 16 heteroatoms. The van der Waals surface area contributed by atoms with Crippen LogP contribution in [0.1, 0.15) is 0 Å². The molecule has 26 heavy (non-hydrogen) atoms. The zero-order chi connectivity index (χ0) is 21.3. The van der Waals surface area contributed by atoms with Gasteiger partial charge in [0.1, 0.15) is 0 Å². The van der Waals surface area contributed by atoms with Crippen LogP contribution in [0.15, 0.2) is 10.6 Å². The van der Waals surface area contributed by atoms with Gasteiger partial charge in [0.05, 0.1) is 10.6 Å². The van der Waals surface area contributed by atoms with Crippen LogP contribution in [0.2, 0.25) is 0 Å². The number of allylic oxidation sites excluding steroid dienone is 1. The van der Waals surface area contributed by atoms with Crippen LogP contribution in [-0.4, -0.2) is 47.2 Å². The van der Waals surface area contributed by atoms with Crippen molar-refractivity contribution >= 4 is 98.8 Å². The summed E-state index contributed by atoms with van der Waals surface area (Å²) in [6, 6.07) is 0. The Hall–Kier alpha value is 1.11. The average molecular weight is 552 g/mol. The van der Waals surface area contributed by atoms with E-state index in [1.165, 1.54) is 0 Å². The van der Waals surface area contributed by atoms with Crippen molar-refractivity contribution in [2.75, 3.05) is 0 Å². The monoisotopic (exact) mass is 548 g/mol. The predicted octanol–water partition coefficient (Wildman–Crippen LogP) is 6.61. The van der Waals surface area contributed by atoms with Crippen molar-refractivity contribution in [2.45, 2.75) is 36.1 Å². The van der Waals surface area contributed by atoms with E-state index < -0.39 is 52.7 Å². The fraction of sp³-hybridized carbons (Fsp3) is 0.700. The molecule has 1 rings (SSSR count). The van der Waals surface area contributed by atoms with Crippen molar-refractivity contribution in [2.24, 2.45) is 0 Å². The van der Waals surface area contributed by atoms with Gasteiger partial charge in [-0.15, -0.1) is 11.6 Å². The lowest BCUT2D eigenvalue weighted by molar-refractivity contribution is -0.306. The fourth-order valence-electron chi connectivity index (χ4n) is 1.97. The van der Waals surface area contributed by atoms with Gasteiger partial charge >= 0.3 is 18.1 Å². The lowest BCUT2D eigenvalue weighted by atomic mass is 9.78. The van der Waals surface area contributed by atoms with Gasteiger partial charge in [0, 0.05) is 0 Å². The number of alkyl halides is 13. The van der Waals surface area contributed by atoms with E-state index >= 15 is 0 Å². The first-order valence-electron chi connectivity index (χ1n) is 5.68. The molecule has 2 unspecified atom stereocenters. The zero-order valence-corrected chi connectivity index (χ0v) is 17.3. The first kappa shape index (κ1) is 25.1. The summed E-state index contributed by atoms with van der Waals surface area (Å²) < 4.78 is 69.5. The van der Waals surface area contributed by atoms with Gasteiger partial charge in [0.2, 0.25) is 0 Å². The van der Waals surface area contributed by atoms with Crippen LogP contribution in [0.5, 0.6) is 0 Å². The molecule has 0 aliphatic heterocycles. The van der Waals surface area contributed by atoms with Crippen molar-refractivity contribution < 1.29 is 36.2 Å². The summed E-state index contributed by atoms with van der Waals surface area (Å²) in [6.07, 6.45) is -11.2. The summed E-state index contributed by atoms with van der Waals surface area (Å²) in [5, 5.41) is 7.69. The average Bonchev–Trinajstić information content (AvgIpc) is 2.42. The molecule has 0 spiro atoms. The predicted molar refractivity (Wildman–Crippen MR) is 88.3 cm³/mol. The van der Waals surface area contributed by atoms with Crippen molar-refractivity contribution in [3.8, 4) is 0 Å². The van der Waals surface area contributed by atoms with E-state index in [4.69, 9.17) is 97.9 Å². The van der Waals surface area contributed by atoms with Crippen LogP contribution in [-0.2, 0) is 4.79 Å². The van der Waals surface area contributed by atoms with E-state index in [-0.39, 0.29) is 0 Å². The number of carboxylic acid groups (broad SMARTS) is 1. The summed E-state index contributed by atoms with van der Waals surface area (Å²) in [5.74, 6) is -8.67. The summed E-state index contributed by atoms with van der Waals surface area (Å²) in [6.45, 7) is 0. The Bertz CT molecular complexity index is 660. The highest BCUT2D eigenvalue weighted by molar-refractivity contribution is 6.74.